The van der Waals surface area contributed by atoms with Crippen molar-refractivity contribution in [2.24, 2.45) is 5.41 Å². The first-order valence-electron chi connectivity index (χ1n) is 7.98. The van der Waals surface area contributed by atoms with Crippen LogP contribution in [0.1, 0.15) is 30.7 Å². The lowest BCUT2D eigenvalue weighted by Crippen LogP contribution is -2.45. The quantitative estimate of drug-likeness (QED) is 0.866. The number of aromatic nitrogens is 2. The van der Waals surface area contributed by atoms with Crippen molar-refractivity contribution in [1.29, 1.82) is 0 Å². The third-order valence-corrected chi connectivity index (χ3v) is 5.05. The Hall–Kier alpha value is -1.83. The van der Waals surface area contributed by atoms with Crippen molar-refractivity contribution in [2.45, 2.75) is 26.6 Å². The maximum Gasteiger partial charge on any atom is 0.206 e. The van der Waals surface area contributed by atoms with E-state index >= 15 is 0 Å². The van der Waals surface area contributed by atoms with Crippen molar-refractivity contribution in [2.75, 3.05) is 25.1 Å². The first-order valence-corrected chi connectivity index (χ1v) is 8.80. The fraction of sp³-hybridized carbons (Fsp3) is 0.471. The molecule has 7 heteroatoms. The molecule has 1 aliphatic heterocycles. The van der Waals surface area contributed by atoms with Crippen LogP contribution in [0.3, 0.4) is 0 Å². The second kappa shape index (κ2) is 7.38. The average Bonchev–Trinajstić information content (AvgIpc) is 3.09. The SMILES string of the molecule is CCc1nnc(NCC(=O)C2(C)COC(c3ccccc3)OC2)s1. The van der Waals surface area contributed by atoms with Gasteiger partial charge in [-0.3, -0.25) is 4.79 Å². The summed E-state index contributed by atoms with van der Waals surface area (Å²) in [6.07, 6.45) is 0.434. The Morgan fingerprint density at radius 2 is 2.00 bits per heavy atom. The summed E-state index contributed by atoms with van der Waals surface area (Å²) >= 11 is 1.47. The van der Waals surface area contributed by atoms with Crippen LogP contribution in [0, 0.1) is 5.41 Å². The Bertz CT molecular complexity index is 681. The molecule has 2 heterocycles. The van der Waals surface area contributed by atoms with Crippen LogP contribution in [0.15, 0.2) is 30.3 Å². The fourth-order valence-electron chi connectivity index (χ4n) is 2.41. The Morgan fingerprint density at radius 1 is 1.29 bits per heavy atom. The Morgan fingerprint density at radius 3 is 2.62 bits per heavy atom. The molecule has 24 heavy (non-hydrogen) atoms. The van der Waals surface area contributed by atoms with Crippen LogP contribution in [-0.4, -0.2) is 35.7 Å². The standard InChI is InChI=1S/C17H21N3O3S/c1-3-14-19-20-16(24-14)18-9-13(21)17(2)10-22-15(23-11-17)12-7-5-4-6-8-12/h4-8,15H,3,9-11H2,1-2H3,(H,18,20). The highest BCUT2D eigenvalue weighted by molar-refractivity contribution is 7.15. The normalized spacial score (nSPS) is 23.8. The van der Waals surface area contributed by atoms with Gasteiger partial charge in [0.15, 0.2) is 12.1 Å². The molecule has 0 unspecified atom stereocenters. The maximum absolute atomic E-state index is 12.5. The van der Waals surface area contributed by atoms with Gasteiger partial charge in [-0.25, -0.2) is 0 Å². The van der Waals surface area contributed by atoms with Crippen LogP contribution in [-0.2, 0) is 20.7 Å². The molecule has 0 bridgehead atoms. The number of aryl methyl sites for hydroxylation is 1. The second-order valence-electron chi connectivity index (χ2n) is 6.06. The molecule has 1 aromatic carbocycles. The zero-order valence-electron chi connectivity index (χ0n) is 13.8. The van der Waals surface area contributed by atoms with Crippen molar-refractivity contribution in [1.82, 2.24) is 10.2 Å². The molecule has 2 aromatic rings. The zero-order chi connectivity index (χ0) is 17.0. The minimum Gasteiger partial charge on any atom is -0.353 e. The summed E-state index contributed by atoms with van der Waals surface area (Å²) in [5.74, 6) is 0.0438. The first-order chi connectivity index (χ1) is 11.6. The van der Waals surface area contributed by atoms with Gasteiger partial charge in [-0.1, -0.05) is 48.6 Å². The van der Waals surface area contributed by atoms with Gasteiger partial charge in [0, 0.05) is 5.56 Å². The van der Waals surface area contributed by atoms with Gasteiger partial charge in [0.25, 0.3) is 0 Å². The van der Waals surface area contributed by atoms with E-state index in [-0.39, 0.29) is 12.3 Å². The molecule has 0 aliphatic carbocycles. The lowest BCUT2D eigenvalue weighted by Gasteiger charge is -2.36. The predicted octanol–water partition coefficient (Wildman–Crippen LogP) is 2.83. The molecule has 1 aromatic heterocycles. The Balaban J connectivity index is 1.53. The highest BCUT2D eigenvalue weighted by atomic mass is 32.1. The van der Waals surface area contributed by atoms with Gasteiger partial charge >= 0.3 is 0 Å². The van der Waals surface area contributed by atoms with Crippen molar-refractivity contribution < 1.29 is 14.3 Å². The van der Waals surface area contributed by atoms with Gasteiger partial charge in [-0.15, -0.1) is 10.2 Å². The topological polar surface area (TPSA) is 73.3 Å². The van der Waals surface area contributed by atoms with E-state index in [1.807, 2.05) is 44.2 Å². The molecular weight excluding hydrogens is 326 g/mol. The number of anilines is 1. The molecule has 0 radical (unpaired) electrons. The number of rotatable bonds is 6. The molecule has 1 N–H and O–H groups in total. The summed E-state index contributed by atoms with van der Waals surface area (Å²) in [6.45, 7) is 4.76. The summed E-state index contributed by atoms with van der Waals surface area (Å²) in [7, 11) is 0. The number of ether oxygens (including phenoxy) is 2. The van der Waals surface area contributed by atoms with E-state index in [1.54, 1.807) is 0 Å². The summed E-state index contributed by atoms with van der Waals surface area (Å²) in [6, 6.07) is 9.74. The molecule has 0 atom stereocenters. The summed E-state index contributed by atoms with van der Waals surface area (Å²) in [5.41, 5.74) is 0.308. The van der Waals surface area contributed by atoms with Gasteiger partial charge in [0.1, 0.15) is 5.01 Å². The van der Waals surface area contributed by atoms with E-state index in [2.05, 4.69) is 15.5 Å². The van der Waals surface area contributed by atoms with E-state index in [9.17, 15) is 4.79 Å². The predicted molar refractivity (Wildman–Crippen MR) is 92.0 cm³/mol. The lowest BCUT2D eigenvalue weighted by atomic mass is 9.86. The number of Topliss-reactive ketones (excluding diaryl/α,β-unsaturated/α-hetero) is 1. The minimum absolute atomic E-state index is 0.0438. The number of benzene rings is 1. The molecule has 0 spiro atoms. The van der Waals surface area contributed by atoms with Crippen LogP contribution in [0.4, 0.5) is 5.13 Å². The maximum atomic E-state index is 12.5. The molecular formula is C17H21N3O3S. The number of hydrogen-bond donors (Lipinski definition) is 1. The monoisotopic (exact) mass is 347 g/mol. The van der Waals surface area contributed by atoms with Crippen molar-refractivity contribution in [3.8, 4) is 0 Å². The summed E-state index contributed by atoms with van der Waals surface area (Å²) in [5, 5.41) is 12.7. The zero-order valence-corrected chi connectivity index (χ0v) is 14.6. The number of nitrogens with one attached hydrogen (secondary N) is 1. The summed E-state index contributed by atoms with van der Waals surface area (Å²) < 4.78 is 11.6. The Kier molecular flexibility index (Phi) is 5.23. The van der Waals surface area contributed by atoms with E-state index < -0.39 is 11.7 Å². The molecule has 3 rings (SSSR count). The molecule has 128 valence electrons. The largest absolute Gasteiger partial charge is 0.353 e. The molecule has 1 saturated heterocycles. The average molecular weight is 347 g/mol. The first kappa shape index (κ1) is 17.0. The number of carbonyl (C=O) groups is 1. The molecule has 1 aliphatic rings. The van der Waals surface area contributed by atoms with E-state index in [0.29, 0.717) is 18.3 Å². The molecule has 1 fully saturated rings. The highest BCUT2D eigenvalue weighted by Crippen LogP contribution is 2.32. The number of ketones is 1. The van der Waals surface area contributed by atoms with Gasteiger partial charge in [-0.05, 0) is 13.3 Å². The van der Waals surface area contributed by atoms with Gasteiger partial charge in [0.2, 0.25) is 5.13 Å². The minimum atomic E-state index is -0.656. The van der Waals surface area contributed by atoms with Crippen molar-refractivity contribution in [3.05, 3.63) is 40.9 Å². The van der Waals surface area contributed by atoms with Gasteiger partial charge in [-0.2, -0.15) is 0 Å². The second-order valence-corrected chi connectivity index (χ2v) is 7.12. The summed E-state index contributed by atoms with van der Waals surface area (Å²) in [4.78, 5) is 12.5. The molecule has 0 saturated carbocycles. The fourth-order valence-corrected chi connectivity index (χ4v) is 3.08. The highest BCUT2D eigenvalue weighted by Gasteiger charge is 2.39. The van der Waals surface area contributed by atoms with Crippen LogP contribution >= 0.6 is 11.3 Å². The third kappa shape index (κ3) is 3.80. The number of carbonyl (C=O) groups excluding carboxylic acids is 1. The van der Waals surface area contributed by atoms with Crippen molar-refractivity contribution >= 4 is 22.3 Å². The number of nitrogens with zero attached hydrogens (tertiary/aromatic N) is 2. The molecule has 6 nitrogen and oxygen atoms in total. The van der Waals surface area contributed by atoms with E-state index in [4.69, 9.17) is 9.47 Å². The molecule has 0 amide bonds. The Labute approximate surface area is 145 Å². The van der Waals surface area contributed by atoms with Crippen molar-refractivity contribution in [3.63, 3.8) is 0 Å². The van der Waals surface area contributed by atoms with E-state index in [0.717, 1.165) is 17.0 Å². The van der Waals surface area contributed by atoms with Crippen LogP contribution in [0.2, 0.25) is 0 Å². The smallest absolute Gasteiger partial charge is 0.206 e. The third-order valence-electron chi connectivity index (χ3n) is 4.02. The number of hydrogen-bond acceptors (Lipinski definition) is 7. The van der Waals surface area contributed by atoms with Crippen LogP contribution in [0.5, 0.6) is 0 Å². The van der Waals surface area contributed by atoms with Crippen LogP contribution in [0.25, 0.3) is 0 Å². The van der Waals surface area contributed by atoms with Gasteiger partial charge in [0.05, 0.1) is 25.2 Å². The van der Waals surface area contributed by atoms with Gasteiger partial charge < -0.3 is 14.8 Å². The van der Waals surface area contributed by atoms with E-state index in [1.165, 1.54) is 11.3 Å². The lowest BCUT2D eigenvalue weighted by molar-refractivity contribution is -0.226. The van der Waals surface area contributed by atoms with Crippen LogP contribution < -0.4 is 5.32 Å².